The highest BCUT2D eigenvalue weighted by Crippen LogP contribution is 2.33. The zero-order valence-electron chi connectivity index (χ0n) is 9.25. The maximum absolute atomic E-state index is 5.33. The molecule has 0 saturated carbocycles. The molecule has 0 atom stereocenters. The molecule has 0 aliphatic carbocycles. The zero-order valence-corrected chi connectivity index (χ0v) is 10.8. The summed E-state index contributed by atoms with van der Waals surface area (Å²) in [4.78, 5) is 0. The van der Waals surface area contributed by atoms with Gasteiger partial charge in [0.25, 0.3) is 0 Å². The minimum Gasteiger partial charge on any atom is -0.495 e. The molecule has 0 aliphatic heterocycles. The van der Waals surface area contributed by atoms with Gasteiger partial charge in [-0.1, -0.05) is 40.2 Å². The van der Waals surface area contributed by atoms with E-state index in [9.17, 15) is 0 Å². The summed E-state index contributed by atoms with van der Waals surface area (Å²) in [7, 11) is 1.67. The van der Waals surface area contributed by atoms with Crippen LogP contribution in [0, 0.1) is 13.0 Å². The van der Waals surface area contributed by atoms with Crippen LogP contribution < -0.4 is 4.74 Å². The fourth-order valence-electron chi connectivity index (χ4n) is 1.70. The number of methoxy groups -OCH3 is 1. The lowest BCUT2D eigenvalue weighted by Crippen LogP contribution is -1.90. The first-order valence-electron chi connectivity index (χ1n) is 5.03. The minimum absolute atomic E-state index is 0.775. The van der Waals surface area contributed by atoms with Gasteiger partial charge in [-0.3, -0.25) is 0 Å². The van der Waals surface area contributed by atoms with Crippen molar-refractivity contribution in [3.05, 3.63) is 52.5 Å². The Morgan fingerprint density at radius 2 is 1.94 bits per heavy atom. The summed E-state index contributed by atoms with van der Waals surface area (Å²) >= 11 is 3.46. The molecule has 1 radical (unpaired) electrons. The van der Waals surface area contributed by atoms with Gasteiger partial charge in [0.2, 0.25) is 0 Å². The van der Waals surface area contributed by atoms with E-state index in [1.165, 1.54) is 11.1 Å². The van der Waals surface area contributed by atoms with E-state index in [-0.39, 0.29) is 0 Å². The molecule has 0 unspecified atom stereocenters. The van der Waals surface area contributed by atoms with Gasteiger partial charge in [-0.2, -0.15) is 0 Å². The Kier molecular flexibility index (Phi) is 3.30. The largest absolute Gasteiger partial charge is 0.495 e. The van der Waals surface area contributed by atoms with Gasteiger partial charge in [0.15, 0.2) is 0 Å². The van der Waals surface area contributed by atoms with Crippen molar-refractivity contribution in [1.82, 2.24) is 0 Å². The number of hydrogen-bond acceptors (Lipinski definition) is 1. The van der Waals surface area contributed by atoms with Crippen LogP contribution in [-0.4, -0.2) is 7.11 Å². The topological polar surface area (TPSA) is 9.23 Å². The van der Waals surface area contributed by atoms with E-state index >= 15 is 0 Å². The first-order chi connectivity index (χ1) is 7.72. The number of ether oxygens (including phenoxy) is 1. The standard InChI is InChI=1S/C14H12BrO/c1-10-5-3-4-6-12(10)13-9-11(15)7-8-14(13)16-2/h3-7,9H,1-2H3. The Labute approximate surface area is 104 Å². The summed E-state index contributed by atoms with van der Waals surface area (Å²) in [6, 6.07) is 15.3. The molecule has 2 rings (SSSR count). The van der Waals surface area contributed by atoms with Gasteiger partial charge >= 0.3 is 0 Å². The summed E-state index contributed by atoms with van der Waals surface area (Å²) in [5.41, 5.74) is 3.47. The van der Waals surface area contributed by atoms with Gasteiger partial charge in [0, 0.05) is 16.1 Å². The third kappa shape index (κ3) is 2.12. The number of halogens is 1. The van der Waals surface area contributed by atoms with Gasteiger partial charge in [-0.15, -0.1) is 0 Å². The van der Waals surface area contributed by atoms with E-state index in [0.29, 0.717) is 0 Å². The molecule has 0 N–H and O–H groups in total. The molecule has 1 nitrogen and oxygen atoms in total. The lowest BCUT2D eigenvalue weighted by molar-refractivity contribution is 0.415. The van der Waals surface area contributed by atoms with E-state index in [1.54, 1.807) is 7.11 Å². The van der Waals surface area contributed by atoms with Gasteiger partial charge in [0.05, 0.1) is 7.11 Å². The summed E-state index contributed by atoms with van der Waals surface area (Å²) in [5.74, 6) is 0.775. The van der Waals surface area contributed by atoms with Gasteiger partial charge < -0.3 is 4.74 Å². The molecule has 0 bridgehead atoms. The predicted octanol–water partition coefficient (Wildman–Crippen LogP) is 4.23. The summed E-state index contributed by atoms with van der Waals surface area (Å²) in [5, 5.41) is 0. The molecule has 0 aromatic heterocycles. The van der Waals surface area contributed by atoms with Crippen LogP contribution >= 0.6 is 15.9 Å². The minimum atomic E-state index is 0.775. The second-order valence-corrected chi connectivity index (χ2v) is 4.50. The first-order valence-corrected chi connectivity index (χ1v) is 5.83. The van der Waals surface area contributed by atoms with Crippen molar-refractivity contribution in [1.29, 1.82) is 0 Å². The fourth-order valence-corrected chi connectivity index (χ4v) is 2.04. The first kappa shape index (κ1) is 11.2. The molecular weight excluding hydrogens is 264 g/mol. The third-order valence-corrected chi connectivity index (χ3v) is 2.97. The molecule has 0 saturated heterocycles. The number of benzene rings is 2. The molecule has 0 amide bonds. The van der Waals surface area contributed by atoms with Crippen molar-refractivity contribution in [2.45, 2.75) is 6.92 Å². The predicted molar refractivity (Wildman–Crippen MR) is 69.7 cm³/mol. The Morgan fingerprint density at radius 3 is 2.62 bits per heavy atom. The maximum Gasteiger partial charge on any atom is 0.134 e. The van der Waals surface area contributed by atoms with Crippen molar-refractivity contribution >= 4 is 15.9 Å². The summed E-state index contributed by atoms with van der Waals surface area (Å²) < 4.78 is 6.34. The highest BCUT2D eigenvalue weighted by molar-refractivity contribution is 9.10. The van der Waals surface area contributed by atoms with Crippen LogP contribution in [0.25, 0.3) is 11.1 Å². The van der Waals surface area contributed by atoms with Crippen LogP contribution in [0.4, 0.5) is 0 Å². The molecule has 0 aliphatic rings. The summed E-state index contributed by atoms with van der Waals surface area (Å²) in [6.45, 7) is 2.09. The van der Waals surface area contributed by atoms with Crippen LogP contribution in [0.1, 0.15) is 5.56 Å². The fraction of sp³-hybridized carbons (Fsp3) is 0.143. The zero-order chi connectivity index (χ0) is 11.5. The molecule has 2 heteroatoms. The lowest BCUT2D eigenvalue weighted by atomic mass is 10.00. The molecule has 81 valence electrons. The number of rotatable bonds is 2. The molecular formula is C14H12BrO. The van der Waals surface area contributed by atoms with Crippen LogP contribution in [0.15, 0.2) is 40.9 Å². The molecule has 0 spiro atoms. The van der Waals surface area contributed by atoms with E-state index in [4.69, 9.17) is 4.74 Å². The maximum atomic E-state index is 5.33. The normalized spacial score (nSPS) is 10.2. The average Bonchev–Trinajstić information content (AvgIpc) is 2.29. The Bertz CT molecular complexity index is 506. The smallest absolute Gasteiger partial charge is 0.134 e. The van der Waals surface area contributed by atoms with Crippen molar-refractivity contribution in [3.63, 3.8) is 0 Å². The van der Waals surface area contributed by atoms with Crippen molar-refractivity contribution in [3.8, 4) is 16.9 Å². The average molecular weight is 276 g/mol. The van der Waals surface area contributed by atoms with E-state index in [0.717, 1.165) is 15.8 Å². The van der Waals surface area contributed by atoms with Crippen molar-refractivity contribution < 1.29 is 4.74 Å². The van der Waals surface area contributed by atoms with Crippen LogP contribution in [0.5, 0.6) is 5.75 Å². The molecule has 16 heavy (non-hydrogen) atoms. The summed E-state index contributed by atoms with van der Waals surface area (Å²) in [6.07, 6.45) is 0. The monoisotopic (exact) mass is 275 g/mol. The molecule has 0 heterocycles. The van der Waals surface area contributed by atoms with Crippen LogP contribution in [0.3, 0.4) is 0 Å². The van der Waals surface area contributed by atoms with Crippen molar-refractivity contribution in [2.24, 2.45) is 0 Å². The highest BCUT2D eigenvalue weighted by atomic mass is 79.9. The van der Waals surface area contributed by atoms with E-state index < -0.39 is 0 Å². The SMILES string of the molecule is COc1[c]cc(Br)cc1-c1ccccc1C. The molecule has 0 fully saturated rings. The third-order valence-electron chi connectivity index (χ3n) is 2.51. The van der Waals surface area contributed by atoms with E-state index in [2.05, 4.69) is 47.1 Å². The second-order valence-electron chi connectivity index (χ2n) is 3.58. The molecule has 2 aromatic rings. The van der Waals surface area contributed by atoms with Gasteiger partial charge in [0.1, 0.15) is 5.75 Å². The van der Waals surface area contributed by atoms with Gasteiger partial charge in [-0.25, -0.2) is 0 Å². The quantitative estimate of drug-likeness (QED) is 0.797. The highest BCUT2D eigenvalue weighted by Gasteiger charge is 2.08. The number of hydrogen-bond donors (Lipinski definition) is 0. The van der Waals surface area contributed by atoms with Gasteiger partial charge in [-0.05, 0) is 30.2 Å². The van der Waals surface area contributed by atoms with E-state index in [1.807, 2.05) is 18.2 Å². The Hall–Kier alpha value is -1.28. The number of aryl methyl sites for hydroxylation is 1. The Balaban J connectivity index is 2.63. The molecule has 2 aromatic carbocycles. The Morgan fingerprint density at radius 1 is 1.19 bits per heavy atom. The van der Waals surface area contributed by atoms with Crippen molar-refractivity contribution in [2.75, 3.05) is 7.11 Å². The lowest BCUT2D eigenvalue weighted by Gasteiger charge is -2.10. The van der Waals surface area contributed by atoms with Crippen LogP contribution in [-0.2, 0) is 0 Å². The second kappa shape index (κ2) is 4.71. The van der Waals surface area contributed by atoms with Crippen LogP contribution in [0.2, 0.25) is 0 Å².